The first-order valence-electron chi connectivity index (χ1n) is 8.03. The molecule has 0 aliphatic heterocycles. The molecule has 0 heterocycles. The van der Waals surface area contributed by atoms with E-state index in [1.54, 1.807) is 6.92 Å². The molecular weight excluding hydrogens is 361 g/mol. The number of hydrogen-bond donors (Lipinski definition) is 1. The molecule has 0 saturated heterocycles. The molecule has 0 fully saturated rings. The summed E-state index contributed by atoms with van der Waals surface area (Å²) in [4.78, 5) is 0. The Bertz CT molecular complexity index is 822. The molecule has 2 rings (SSSR count). The van der Waals surface area contributed by atoms with Crippen molar-refractivity contribution < 1.29 is 12.8 Å². The van der Waals surface area contributed by atoms with Crippen molar-refractivity contribution >= 4 is 21.6 Å². The number of halogens is 2. The molecule has 136 valence electrons. The lowest BCUT2D eigenvalue weighted by atomic mass is 9.86. The van der Waals surface area contributed by atoms with Gasteiger partial charge in [0.2, 0.25) is 10.0 Å². The van der Waals surface area contributed by atoms with Gasteiger partial charge in [0.15, 0.2) is 0 Å². The van der Waals surface area contributed by atoms with Crippen LogP contribution < -0.4 is 4.72 Å². The highest BCUT2D eigenvalue weighted by molar-refractivity contribution is 7.88. The van der Waals surface area contributed by atoms with Crippen LogP contribution in [0.15, 0.2) is 42.5 Å². The van der Waals surface area contributed by atoms with Gasteiger partial charge in [0.1, 0.15) is 5.82 Å². The molecule has 25 heavy (non-hydrogen) atoms. The zero-order valence-corrected chi connectivity index (χ0v) is 16.4. The third-order valence-electron chi connectivity index (χ3n) is 4.03. The second-order valence-corrected chi connectivity index (χ2v) is 9.33. The van der Waals surface area contributed by atoms with Crippen LogP contribution in [0.4, 0.5) is 4.39 Å². The van der Waals surface area contributed by atoms with Crippen LogP contribution in [-0.2, 0) is 21.2 Å². The first-order valence-corrected chi connectivity index (χ1v) is 10.1. The molecule has 0 aliphatic rings. The molecular formula is C19H23ClFNO2S. The molecule has 0 aliphatic carbocycles. The molecule has 2 aromatic carbocycles. The Morgan fingerprint density at radius 2 is 1.72 bits per heavy atom. The normalized spacial score (nSPS) is 13.7. The van der Waals surface area contributed by atoms with Gasteiger partial charge in [-0.1, -0.05) is 62.7 Å². The molecule has 6 heteroatoms. The average Bonchev–Trinajstić information content (AvgIpc) is 2.50. The molecule has 2 aromatic rings. The first kappa shape index (κ1) is 19.9. The molecule has 0 aromatic heterocycles. The van der Waals surface area contributed by atoms with Crippen molar-refractivity contribution in [3.8, 4) is 0 Å². The molecule has 0 spiro atoms. The lowest BCUT2D eigenvalue weighted by Gasteiger charge is -2.21. The number of nitrogens with one attached hydrogen (secondary N) is 1. The van der Waals surface area contributed by atoms with E-state index in [0.29, 0.717) is 0 Å². The van der Waals surface area contributed by atoms with Gasteiger partial charge in [-0.05, 0) is 35.6 Å². The fraction of sp³-hybridized carbons (Fsp3) is 0.368. The summed E-state index contributed by atoms with van der Waals surface area (Å²) in [5, 5.41) is 0.104. The van der Waals surface area contributed by atoms with E-state index >= 15 is 0 Å². The maximum absolute atomic E-state index is 13.8. The Labute approximate surface area is 154 Å². The summed E-state index contributed by atoms with van der Waals surface area (Å²) < 4.78 is 41.2. The number of sulfonamides is 1. The third kappa shape index (κ3) is 5.27. The van der Waals surface area contributed by atoms with Crippen LogP contribution in [0.25, 0.3) is 0 Å². The molecule has 0 bridgehead atoms. The zero-order valence-electron chi connectivity index (χ0n) is 14.8. The maximum Gasteiger partial charge on any atom is 0.216 e. The van der Waals surface area contributed by atoms with Crippen molar-refractivity contribution in [1.82, 2.24) is 4.72 Å². The predicted octanol–water partition coefficient (Wildman–Crippen LogP) is 4.96. The van der Waals surface area contributed by atoms with Gasteiger partial charge >= 0.3 is 0 Å². The Hall–Kier alpha value is -1.43. The van der Waals surface area contributed by atoms with E-state index in [2.05, 4.69) is 25.5 Å². The second kappa shape index (κ2) is 7.44. The van der Waals surface area contributed by atoms with E-state index in [1.807, 2.05) is 24.3 Å². The molecule has 1 N–H and O–H groups in total. The standard InChI is InChI=1S/C19H23ClFNO2S/c1-13(14-8-10-15(11-9-14)19(2,3)4)22-25(23,24)12-16-17(20)6-5-7-18(16)21/h5-11,13,22H,12H2,1-4H3/t13-/m1/s1. The van der Waals surface area contributed by atoms with Crippen molar-refractivity contribution in [3.05, 3.63) is 70.0 Å². The number of benzene rings is 2. The highest BCUT2D eigenvalue weighted by Crippen LogP contribution is 2.25. The van der Waals surface area contributed by atoms with Crippen LogP contribution in [0.5, 0.6) is 0 Å². The monoisotopic (exact) mass is 383 g/mol. The van der Waals surface area contributed by atoms with Crippen molar-refractivity contribution in [2.45, 2.75) is 44.9 Å². The quantitative estimate of drug-likeness (QED) is 0.793. The van der Waals surface area contributed by atoms with Crippen LogP contribution in [0, 0.1) is 5.82 Å². The SMILES string of the molecule is C[C@@H](NS(=O)(=O)Cc1c(F)cccc1Cl)c1ccc(C(C)(C)C)cc1. The Balaban J connectivity index is 2.15. The van der Waals surface area contributed by atoms with Gasteiger partial charge in [-0.3, -0.25) is 0 Å². The minimum atomic E-state index is -3.74. The van der Waals surface area contributed by atoms with E-state index in [1.165, 1.54) is 23.8 Å². The van der Waals surface area contributed by atoms with Gasteiger partial charge in [0, 0.05) is 16.6 Å². The maximum atomic E-state index is 13.8. The van der Waals surface area contributed by atoms with Crippen LogP contribution in [0.3, 0.4) is 0 Å². The van der Waals surface area contributed by atoms with Crippen molar-refractivity contribution in [1.29, 1.82) is 0 Å². The van der Waals surface area contributed by atoms with Crippen LogP contribution in [-0.4, -0.2) is 8.42 Å². The Kier molecular flexibility index (Phi) is 5.92. The highest BCUT2D eigenvalue weighted by atomic mass is 35.5. The first-order chi connectivity index (χ1) is 11.5. The Morgan fingerprint density at radius 3 is 2.24 bits per heavy atom. The molecule has 1 atom stereocenters. The fourth-order valence-electron chi connectivity index (χ4n) is 2.51. The van der Waals surface area contributed by atoms with Crippen LogP contribution in [0.2, 0.25) is 5.02 Å². The lowest BCUT2D eigenvalue weighted by Crippen LogP contribution is -2.28. The van der Waals surface area contributed by atoms with Gasteiger partial charge in [-0.25, -0.2) is 17.5 Å². The summed E-state index contributed by atoms with van der Waals surface area (Å²) in [6, 6.07) is 11.5. The smallest absolute Gasteiger partial charge is 0.212 e. The molecule has 0 amide bonds. The third-order valence-corrected chi connectivity index (χ3v) is 5.76. The number of hydrogen-bond acceptors (Lipinski definition) is 2. The van der Waals surface area contributed by atoms with E-state index in [4.69, 9.17) is 11.6 Å². The summed E-state index contributed by atoms with van der Waals surface area (Å²) in [5.74, 6) is -1.12. The van der Waals surface area contributed by atoms with E-state index < -0.39 is 27.6 Å². The minimum Gasteiger partial charge on any atom is -0.212 e. The van der Waals surface area contributed by atoms with Gasteiger partial charge in [-0.2, -0.15) is 0 Å². The second-order valence-electron chi connectivity index (χ2n) is 7.17. The largest absolute Gasteiger partial charge is 0.216 e. The fourth-order valence-corrected chi connectivity index (χ4v) is 4.25. The Morgan fingerprint density at radius 1 is 1.12 bits per heavy atom. The van der Waals surface area contributed by atoms with Crippen molar-refractivity contribution in [2.75, 3.05) is 0 Å². The topological polar surface area (TPSA) is 46.2 Å². The molecule has 3 nitrogen and oxygen atoms in total. The van der Waals surface area contributed by atoms with E-state index in [-0.39, 0.29) is 16.0 Å². The zero-order chi connectivity index (χ0) is 18.8. The summed E-state index contributed by atoms with van der Waals surface area (Å²) in [6.45, 7) is 8.11. The van der Waals surface area contributed by atoms with Gasteiger partial charge in [0.25, 0.3) is 0 Å². The van der Waals surface area contributed by atoms with Gasteiger partial charge in [-0.15, -0.1) is 0 Å². The average molecular weight is 384 g/mol. The lowest BCUT2D eigenvalue weighted by molar-refractivity contribution is 0.560. The molecule has 0 radical (unpaired) electrons. The van der Waals surface area contributed by atoms with Gasteiger partial charge < -0.3 is 0 Å². The van der Waals surface area contributed by atoms with E-state index in [0.717, 1.165) is 5.56 Å². The molecule has 0 saturated carbocycles. The summed E-state index contributed by atoms with van der Waals surface area (Å²) in [6.07, 6.45) is 0. The number of rotatable bonds is 5. The molecule has 0 unspecified atom stereocenters. The van der Waals surface area contributed by atoms with Crippen LogP contribution in [0.1, 0.15) is 50.4 Å². The van der Waals surface area contributed by atoms with Crippen LogP contribution >= 0.6 is 11.6 Å². The summed E-state index contributed by atoms with van der Waals surface area (Å²) in [7, 11) is -3.74. The predicted molar refractivity (Wildman–Crippen MR) is 101 cm³/mol. The van der Waals surface area contributed by atoms with E-state index in [9.17, 15) is 12.8 Å². The van der Waals surface area contributed by atoms with Gasteiger partial charge in [0.05, 0.1) is 5.75 Å². The minimum absolute atomic E-state index is 0.0213. The summed E-state index contributed by atoms with van der Waals surface area (Å²) >= 11 is 5.92. The highest BCUT2D eigenvalue weighted by Gasteiger charge is 2.21. The summed E-state index contributed by atoms with van der Waals surface area (Å²) in [5.41, 5.74) is 2.02. The van der Waals surface area contributed by atoms with Crippen molar-refractivity contribution in [3.63, 3.8) is 0 Å². The van der Waals surface area contributed by atoms with Crippen molar-refractivity contribution in [2.24, 2.45) is 0 Å².